The zero-order valence-electron chi connectivity index (χ0n) is 13.7. The van der Waals surface area contributed by atoms with E-state index in [4.69, 9.17) is 4.74 Å². The largest absolute Gasteiger partial charge is 0.478 e. The van der Waals surface area contributed by atoms with Crippen LogP contribution >= 0.6 is 0 Å². The van der Waals surface area contributed by atoms with E-state index in [-0.39, 0.29) is 23.4 Å². The maximum absolute atomic E-state index is 11.9. The first kappa shape index (κ1) is 17.7. The van der Waals surface area contributed by atoms with Crippen LogP contribution in [0.2, 0.25) is 0 Å². The van der Waals surface area contributed by atoms with Crippen molar-refractivity contribution in [1.29, 1.82) is 0 Å². The van der Waals surface area contributed by atoms with Gasteiger partial charge in [0.1, 0.15) is 11.4 Å². The number of aromatic carboxylic acids is 1. The molecule has 130 valence electrons. The van der Waals surface area contributed by atoms with Gasteiger partial charge in [-0.05, 0) is 25.8 Å². The maximum atomic E-state index is 11.9. The van der Waals surface area contributed by atoms with Crippen LogP contribution in [0.4, 0.5) is 11.5 Å². The average Bonchev–Trinajstić information content (AvgIpc) is 2.54. The van der Waals surface area contributed by atoms with Crippen molar-refractivity contribution in [3.05, 3.63) is 17.8 Å². The van der Waals surface area contributed by atoms with Crippen LogP contribution in [-0.2, 0) is 14.3 Å². The molecule has 0 radical (unpaired) electrons. The van der Waals surface area contributed by atoms with Crippen molar-refractivity contribution in [2.24, 2.45) is 5.92 Å². The molecule has 2 rings (SSSR count). The molecule has 0 aromatic carbocycles. The first-order valence-corrected chi connectivity index (χ1v) is 7.84. The van der Waals surface area contributed by atoms with E-state index >= 15 is 0 Å². The lowest BCUT2D eigenvalue weighted by molar-refractivity contribution is -0.148. The molecule has 1 unspecified atom stereocenters. The fraction of sp³-hybridized carbons (Fsp3) is 0.500. The number of carbonyl (C=O) groups excluding carboxylic acids is 2. The lowest BCUT2D eigenvalue weighted by Crippen LogP contribution is -2.40. The van der Waals surface area contributed by atoms with E-state index in [0.29, 0.717) is 37.6 Å². The summed E-state index contributed by atoms with van der Waals surface area (Å²) in [5.41, 5.74) is 0.313. The van der Waals surface area contributed by atoms with Crippen molar-refractivity contribution in [2.45, 2.75) is 26.7 Å². The summed E-state index contributed by atoms with van der Waals surface area (Å²) < 4.78 is 5.06. The first-order valence-electron chi connectivity index (χ1n) is 7.84. The highest BCUT2D eigenvalue weighted by Gasteiger charge is 2.29. The lowest BCUT2D eigenvalue weighted by Gasteiger charge is -2.33. The number of pyridine rings is 1. The second kappa shape index (κ2) is 7.76. The summed E-state index contributed by atoms with van der Waals surface area (Å²) in [7, 11) is 0. The van der Waals surface area contributed by atoms with Crippen molar-refractivity contribution in [1.82, 2.24) is 4.98 Å². The highest BCUT2D eigenvalue weighted by Crippen LogP contribution is 2.27. The third-order valence-corrected chi connectivity index (χ3v) is 3.76. The molecule has 0 saturated carbocycles. The van der Waals surface area contributed by atoms with E-state index in [1.165, 1.54) is 19.2 Å². The molecule has 0 aliphatic carbocycles. The monoisotopic (exact) mass is 335 g/mol. The second-order valence-electron chi connectivity index (χ2n) is 5.62. The predicted molar refractivity (Wildman–Crippen MR) is 87.1 cm³/mol. The molecule has 2 heterocycles. The maximum Gasteiger partial charge on any atom is 0.339 e. The van der Waals surface area contributed by atoms with E-state index < -0.39 is 5.97 Å². The minimum absolute atomic E-state index is 0.00856. The Labute approximate surface area is 139 Å². The minimum atomic E-state index is -1.14. The first-order chi connectivity index (χ1) is 11.4. The average molecular weight is 335 g/mol. The Morgan fingerprint density at radius 2 is 2.21 bits per heavy atom. The Bertz CT molecular complexity index is 647. The summed E-state index contributed by atoms with van der Waals surface area (Å²) in [5.74, 6) is -1.71. The Hall–Kier alpha value is -2.64. The molecule has 1 aliphatic heterocycles. The quantitative estimate of drug-likeness (QED) is 0.785. The Kier molecular flexibility index (Phi) is 5.73. The Morgan fingerprint density at radius 3 is 2.83 bits per heavy atom. The molecular formula is C16H21N3O5. The van der Waals surface area contributed by atoms with Gasteiger partial charge < -0.3 is 20.1 Å². The fourth-order valence-electron chi connectivity index (χ4n) is 2.76. The highest BCUT2D eigenvalue weighted by atomic mass is 16.5. The second-order valence-corrected chi connectivity index (χ2v) is 5.62. The van der Waals surface area contributed by atoms with E-state index in [1.54, 1.807) is 11.8 Å². The number of piperidine rings is 1. The zero-order valence-corrected chi connectivity index (χ0v) is 13.7. The van der Waals surface area contributed by atoms with Crippen molar-refractivity contribution < 1.29 is 24.2 Å². The van der Waals surface area contributed by atoms with Gasteiger partial charge in [0.2, 0.25) is 5.91 Å². The van der Waals surface area contributed by atoms with Gasteiger partial charge in [0.25, 0.3) is 0 Å². The summed E-state index contributed by atoms with van der Waals surface area (Å²) >= 11 is 0. The number of carboxylic acids is 1. The van der Waals surface area contributed by atoms with Crippen molar-refractivity contribution in [2.75, 3.05) is 29.9 Å². The van der Waals surface area contributed by atoms with Gasteiger partial charge in [-0.3, -0.25) is 9.59 Å². The Morgan fingerprint density at radius 1 is 1.46 bits per heavy atom. The normalized spacial score (nSPS) is 17.2. The third kappa shape index (κ3) is 4.21. The summed E-state index contributed by atoms with van der Waals surface area (Å²) in [5, 5.41) is 12.0. The van der Waals surface area contributed by atoms with Gasteiger partial charge in [0.15, 0.2) is 0 Å². The molecular weight excluding hydrogens is 314 g/mol. The minimum Gasteiger partial charge on any atom is -0.478 e. The van der Waals surface area contributed by atoms with E-state index in [0.717, 1.165) is 6.42 Å². The summed E-state index contributed by atoms with van der Waals surface area (Å²) in [6, 6.07) is 1.38. The summed E-state index contributed by atoms with van der Waals surface area (Å²) in [6.45, 7) is 4.39. The summed E-state index contributed by atoms with van der Waals surface area (Å²) in [6.07, 6.45) is 2.87. The van der Waals surface area contributed by atoms with E-state index in [9.17, 15) is 19.5 Å². The standard InChI is InChI=1S/C16H21N3O5/c1-3-24-16(23)11-5-4-6-19(9-11)14-13(15(21)22)7-12(8-17-14)18-10(2)20/h7-8,11H,3-6,9H2,1-2H3,(H,18,20)(H,21,22). The van der Waals surface area contributed by atoms with Crippen molar-refractivity contribution >= 4 is 29.4 Å². The number of carbonyl (C=O) groups is 3. The number of aromatic nitrogens is 1. The number of anilines is 2. The van der Waals surface area contributed by atoms with E-state index in [1.807, 2.05) is 0 Å². The molecule has 24 heavy (non-hydrogen) atoms. The molecule has 1 aromatic rings. The molecule has 2 N–H and O–H groups in total. The Balaban J connectivity index is 2.25. The molecule has 1 aliphatic rings. The van der Waals surface area contributed by atoms with Gasteiger partial charge >= 0.3 is 11.9 Å². The highest BCUT2D eigenvalue weighted by molar-refractivity contribution is 5.96. The number of nitrogens with zero attached hydrogens (tertiary/aromatic N) is 2. The smallest absolute Gasteiger partial charge is 0.339 e. The number of rotatable bonds is 5. The molecule has 1 aromatic heterocycles. The number of ether oxygens (including phenoxy) is 1. The molecule has 1 amide bonds. The van der Waals surface area contributed by atoms with Gasteiger partial charge in [-0.25, -0.2) is 9.78 Å². The molecule has 8 heteroatoms. The van der Waals surface area contributed by atoms with Crippen molar-refractivity contribution in [3.63, 3.8) is 0 Å². The number of esters is 1. The number of nitrogens with one attached hydrogen (secondary N) is 1. The molecule has 0 spiro atoms. The molecule has 1 fully saturated rings. The van der Waals surface area contributed by atoms with Crippen LogP contribution in [0.15, 0.2) is 12.3 Å². The number of hydrogen-bond donors (Lipinski definition) is 2. The summed E-state index contributed by atoms with van der Waals surface area (Å²) in [4.78, 5) is 40.6. The van der Waals surface area contributed by atoms with Crippen molar-refractivity contribution in [3.8, 4) is 0 Å². The number of amides is 1. The SMILES string of the molecule is CCOC(=O)C1CCCN(c2ncc(NC(C)=O)cc2C(=O)O)C1. The van der Waals surface area contributed by atoms with Gasteiger partial charge in [0.05, 0.1) is 24.4 Å². The van der Waals surface area contributed by atoms with Crippen LogP contribution in [-0.4, -0.2) is 47.6 Å². The zero-order chi connectivity index (χ0) is 17.7. The molecule has 0 bridgehead atoms. The molecule has 1 saturated heterocycles. The molecule has 1 atom stereocenters. The van der Waals surface area contributed by atoms with Crippen LogP contribution in [0, 0.1) is 5.92 Å². The lowest BCUT2D eigenvalue weighted by atomic mass is 9.98. The number of carboxylic acid groups (broad SMARTS) is 1. The van der Waals surface area contributed by atoms with Gasteiger partial charge in [0, 0.05) is 20.0 Å². The fourth-order valence-corrected chi connectivity index (χ4v) is 2.76. The van der Waals surface area contributed by atoms with Gasteiger partial charge in [-0.1, -0.05) is 0 Å². The van der Waals surface area contributed by atoms with Crippen LogP contribution in [0.1, 0.15) is 37.0 Å². The van der Waals surface area contributed by atoms with Crippen LogP contribution in [0.3, 0.4) is 0 Å². The predicted octanol–water partition coefficient (Wildman–Crippen LogP) is 1.52. The van der Waals surface area contributed by atoms with Crippen LogP contribution in [0.25, 0.3) is 0 Å². The van der Waals surface area contributed by atoms with E-state index in [2.05, 4.69) is 10.3 Å². The third-order valence-electron chi connectivity index (χ3n) is 3.76. The molecule has 8 nitrogen and oxygen atoms in total. The van der Waals surface area contributed by atoms with Gasteiger partial charge in [-0.15, -0.1) is 0 Å². The van der Waals surface area contributed by atoms with Crippen LogP contribution < -0.4 is 10.2 Å². The van der Waals surface area contributed by atoms with Gasteiger partial charge in [-0.2, -0.15) is 0 Å². The number of hydrogen-bond acceptors (Lipinski definition) is 6. The van der Waals surface area contributed by atoms with Crippen LogP contribution in [0.5, 0.6) is 0 Å². The topological polar surface area (TPSA) is 109 Å².